The van der Waals surface area contributed by atoms with Gasteiger partial charge >= 0.3 is 6.09 Å². The van der Waals surface area contributed by atoms with Crippen molar-refractivity contribution in [1.82, 2.24) is 9.91 Å². The predicted molar refractivity (Wildman–Crippen MR) is 110 cm³/mol. The number of benzene rings is 1. The summed E-state index contributed by atoms with van der Waals surface area (Å²) in [4.78, 5) is 13.8. The Morgan fingerprint density at radius 3 is 2.19 bits per heavy atom. The number of amides is 1. The van der Waals surface area contributed by atoms with Gasteiger partial charge in [-0.25, -0.2) is 10.6 Å². The standard InChI is InChI=1S/C21H34N4O2/c1-20(2,3)14-25(23)18(11-22)16-9-7-15(8-10-16)17-12-24(13-17)19(26)27-21(4,5)6/h7-11,17H,12-14,22-23H2,1-6H3/b18-11-. The van der Waals surface area contributed by atoms with Gasteiger partial charge in [0.1, 0.15) is 5.60 Å². The van der Waals surface area contributed by atoms with Crippen molar-refractivity contribution in [2.45, 2.75) is 53.1 Å². The first kappa shape index (κ1) is 21.1. The van der Waals surface area contributed by atoms with Crippen LogP contribution < -0.4 is 11.6 Å². The molecular weight excluding hydrogens is 340 g/mol. The molecule has 0 radical (unpaired) electrons. The topological polar surface area (TPSA) is 84.8 Å². The van der Waals surface area contributed by atoms with Gasteiger partial charge in [-0.1, -0.05) is 45.0 Å². The molecule has 1 aliphatic rings. The Bertz CT molecular complexity index is 678. The average Bonchev–Trinajstić information content (AvgIpc) is 2.44. The van der Waals surface area contributed by atoms with Crippen LogP contribution in [0.15, 0.2) is 30.5 Å². The number of hydrazine groups is 1. The molecule has 0 aromatic heterocycles. The minimum absolute atomic E-state index is 0.0694. The summed E-state index contributed by atoms with van der Waals surface area (Å²) in [5.41, 5.74) is 8.42. The summed E-state index contributed by atoms with van der Waals surface area (Å²) < 4.78 is 5.40. The fourth-order valence-corrected chi connectivity index (χ4v) is 3.04. The van der Waals surface area contributed by atoms with Crippen LogP contribution >= 0.6 is 0 Å². The summed E-state index contributed by atoms with van der Waals surface area (Å²) in [6, 6.07) is 8.24. The summed E-state index contributed by atoms with van der Waals surface area (Å²) in [7, 11) is 0. The van der Waals surface area contributed by atoms with E-state index in [1.807, 2.05) is 32.9 Å². The highest BCUT2D eigenvalue weighted by Gasteiger charge is 2.34. The number of carbonyl (C=O) groups excluding carboxylic acids is 1. The molecule has 0 saturated carbocycles. The molecule has 27 heavy (non-hydrogen) atoms. The van der Waals surface area contributed by atoms with Gasteiger partial charge in [0.25, 0.3) is 0 Å². The van der Waals surface area contributed by atoms with Crippen LogP contribution in [0.25, 0.3) is 5.70 Å². The number of hydrogen-bond donors (Lipinski definition) is 2. The van der Waals surface area contributed by atoms with E-state index >= 15 is 0 Å². The highest BCUT2D eigenvalue weighted by atomic mass is 16.6. The summed E-state index contributed by atoms with van der Waals surface area (Å²) in [6.45, 7) is 14.1. The number of nitrogens with zero attached hydrogens (tertiary/aromatic N) is 2. The van der Waals surface area contributed by atoms with Crippen molar-refractivity contribution >= 4 is 11.8 Å². The second-order valence-electron chi connectivity index (χ2n) is 9.44. The van der Waals surface area contributed by atoms with Crippen LogP contribution in [0.5, 0.6) is 0 Å². The van der Waals surface area contributed by atoms with E-state index in [-0.39, 0.29) is 11.5 Å². The molecule has 150 valence electrons. The van der Waals surface area contributed by atoms with Gasteiger partial charge in [0.15, 0.2) is 0 Å². The molecule has 1 heterocycles. The Labute approximate surface area is 163 Å². The number of rotatable bonds is 4. The van der Waals surface area contributed by atoms with Crippen LogP contribution in [0.2, 0.25) is 0 Å². The summed E-state index contributed by atoms with van der Waals surface area (Å²) >= 11 is 0. The number of hydrogen-bond acceptors (Lipinski definition) is 5. The molecule has 1 amide bonds. The van der Waals surface area contributed by atoms with Gasteiger partial charge in [-0.3, -0.25) is 0 Å². The van der Waals surface area contributed by atoms with Gasteiger partial charge in [-0.2, -0.15) is 0 Å². The second-order valence-corrected chi connectivity index (χ2v) is 9.44. The maximum absolute atomic E-state index is 12.1. The molecule has 0 aliphatic carbocycles. The Morgan fingerprint density at radius 2 is 1.74 bits per heavy atom. The fraction of sp³-hybridized carbons (Fsp3) is 0.571. The number of ether oxygens (including phenoxy) is 1. The summed E-state index contributed by atoms with van der Waals surface area (Å²) in [6.07, 6.45) is 1.30. The lowest BCUT2D eigenvalue weighted by molar-refractivity contribution is 0.00819. The zero-order valence-electron chi connectivity index (χ0n) is 17.5. The maximum Gasteiger partial charge on any atom is 0.410 e. The van der Waals surface area contributed by atoms with E-state index in [1.54, 1.807) is 16.1 Å². The van der Waals surface area contributed by atoms with Crippen molar-refractivity contribution in [3.8, 4) is 0 Å². The minimum Gasteiger partial charge on any atom is -0.444 e. The lowest BCUT2D eigenvalue weighted by atomic mass is 9.91. The molecule has 0 atom stereocenters. The molecule has 0 spiro atoms. The molecule has 1 fully saturated rings. The molecule has 0 unspecified atom stereocenters. The first-order chi connectivity index (χ1) is 12.4. The Balaban J connectivity index is 1.97. The van der Waals surface area contributed by atoms with Gasteiger partial charge in [-0.05, 0) is 31.7 Å². The molecule has 1 aliphatic heterocycles. The van der Waals surface area contributed by atoms with Crippen molar-refractivity contribution in [1.29, 1.82) is 0 Å². The first-order valence-electron chi connectivity index (χ1n) is 9.42. The molecule has 1 saturated heterocycles. The minimum atomic E-state index is -0.462. The van der Waals surface area contributed by atoms with E-state index in [0.29, 0.717) is 25.6 Å². The Hall–Kier alpha value is -2.21. The quantitative estimate of drug-likeness (QED) is 0.622. The van der Waals surface area contributed by atoms with Gasteiger partial charge < -0.3 is 20.4 Å². The van der Waals surface area contributed by atoms with Crippen molar-refractivity contribution in [2.24, 2.45) is 17.0 Å². The average molecular weight is 375 g/mol. The monoisotopic (exact) mass is 374 g/mol. The van der Waals surface area contributed by atoms with Crippen LogP contribution in [-0.2, 0) is 4.74 Å². The highest BCUT2D eigenvalue weighted by Crippen LogP contribution is 2.30. The smallest absolute Gasteiger partial charge is 0.410 e. The Morgan fingerprint density at radius 1 is 1.19 bits per heavy atom. The van der Waals surface area contributed by atoms with Crippen molar-refractivity contribution in [2.75, 3.05) is 19.6 Å². The Kier molecular flexibility index (Phi) is 6.10. The van der Waals surface area contributed by atoms with Crippen LogP contribution in [0.4, 0.5) is 4.79 Å². The third-order valence-electron chi connectivity index (χ3n) is 4.32. The third kappa shape index (κ3) is 5.89. The van der Waals surface area contributed by atoms with Gasteiger partial charge in [0.2, 0.25) is 0 Å². The number of nitrogens with two attached hydrogens (primary N) is 2. The zero-order chi connectivity index (χ0) is 20.4. The molecule has 6 heteroatoms. The SMILES string of the molecule is CC(C)(C)CN(N)/C(=C\N)c1ccc(C2CN(C(=O)OC(C)(C)C)C2)cc1. The van der Waals surface area contributed by atoms with Crippen LogP contribution in [0.3, 0.4) is 0 Å². The van der Waals surface area contributed by atoms with E-state index < -0.39 is 5.60 Å². The van der Waals surface area contributed by atoms with E-state index in [9.17, 15) is 4.79 Å². The van der Waals surface area contributed by atoms with Crippen LogP contribution in [0, 0.1) is 5.41 Å². The maximum atomic E-state index is 12.1. The third-order valence-corrected chi connectivity index (χ3v) is 4.32. The van der Waals surface area contributed by atoms with E-state index in [1.165, 1.54) is 5.56 Å². The molecule has 1 aromatic carbocycles. The fourth-order valence-electron chi connectivity index (χ4n) is 3.04. The van der Waals surface area contributed by atoms with E-state index in [0.717, 1.165) is 11.3 Å². The van der Waals surface area contributed by atoms with Crippen LogP contribution in [-0.4, -0.2) is 41.2 Å². The van der Waals surface area contributed by atoms with Crippen LogP contribution in [0.1, 0.15) is 58.6 Å². The molecule has 0 bridgehead atoms. The predicted octanol–water partition coefficient (Wildman–Crippen LogP) is 3.50. The number of carbonyl (C=O) groups is 1. The lowest BCUT2D eigenvalue weighted by Gasteiger charge is -2.40. The van der Waals surface area contributed by atoms with Gasteiger partial charge in [0.05, 0.1) is 5.70 Å². The molecular formula is C21H34N4O2. The van der Waals surface area contributed by atoms with Crippen molar-refractivity contribution in [3.63, 3.8) is 0 Å². The van der Waals surface area contributed by atoms with Gasteiger partial charge in [0, 0.05) is 37.3 Å². The summed E-state index contributed by atoms with van der Waals surface area (Å²) in [5.74, 6) is 6.54. The van der Waals surface area contributed by atoms with Gasteiger partial charge in [-0.15, -0.1) is 0 Å². The van der Waals surface area contributed by atoms with E-state index in [2.05, 4.69) is 32.9 Å². The second kappa shape index (κ2) is 7.80. The van der Waals surface area contributed by atoms with E-state index in [4.69, 9.17) is 16.3 Å². The largest absolute Gasteiger partial charge is 0.444 e. The summed E-state index contributed by atoms with van der Waals surface area (Å²) in [5, 5.41) is 1.70. The van der Waals surface area contributed by atoms with Crippen molar-refractivity contribution < 1.29 is 9.53 Å². The first-order valence-corrected chi connectivity index (χ1v) is 9.42. The lowest BCUT2D eigenvalue weighted by Crippen LogP contribution is -2.50. The normalized spacial score (nSPS) is 16.1. The molecule has 2 rings (SSSR count). The number of likely N-dealkylation sites (tertiary alicyclic amines) is 1. The highest BCUT2D eigenvalue weighted by molar-refractivity contribution is 5.70. The molecule has 4 N–H and O–H groups in total. The molecule has 1 aromatic rings. The van der Waals surface area contributed by atoms with Crippen molar-refractivity contribution in [3.05, 3.63) is 41.6 Å². The zero-order valence-corrected chi connectivity index (χ0v) is 17.5. The molecule has 6 nitrogen and oxygen atoms in total.